The zero-order valence-corrected chi connectivity index (χ0v) is 9.56. The molecule has 0 aliphatic carbocycles. The number of carbonyl (C=O) groups is 2. The molecule has 1 aromatic rings. The smallest absolute Gasteiger partial charge is 0.255 e. The van der Waals surface area contributed by atoms with Gasteiger partial charge in [-0.15, -0.1) is 0 Å². The third-order valence-electron chi connectivity index (χ3n) is 2.02. The molecule has 0 fully saturated rings. The lowest BCUT2D eigenvalue weighted by atomic mass is 10.2. The topological polar surface area (TPSA) is 87.8 Å². The van der Waals surface area contributed by atoms with E-state index in [0.717, 1.165) is 0 Å². The Balaban J connectivity index is 3.08. The summed E-state index contributed by atoms with van der Waals surface area (Å²) in [6.45, 7) is -0.257. The van der Waals surface area contributed by atoms with E-state index in [1.165, 1.54) is 26.4 Å². The maximum atomic E-state index is 10.9. The van der Waals surface area contributed by atoms with Crippen molar-refractivity contribution in [2.75, 3.05) is 20.8 Å². The summed E-state index contributed by atoms with van der Waals surface area (Å²) < 4.78 is 15.1. The van der Waals surface area contributed by atoms with Crippen LogP contribution in [0, 0.1) is 0 Å². The molecular weight excluding hydrogens is 226 g/mol. The van der Waals surface area contributed by atoms with Crippen molar-refractivity contribution < 1.29 is 23.8 Å². The van der Waals surface area contributed by atoms with Crippen LogP contribution in [0.2, 0.25) is 0 Å². The Morgan fingerprint density at radius 3 is 2.18 bits per heavy atom. The van der Waals surface area contributed by atoms with Crippen LogP contribution in [0.5, 0.6) is 17.2 Å². The predicted octanol–water partition coefficient (Wildman–Crippen LogP) is 0.380. The lowest BCUT2D eigenvalue weighted by Crippen LogP contribution is -2.20. The fourth-order valence-corrected chi connectivity index (χ4v) is 1.27. The minimum absolute atomic E-state index is 0.257. The first-order chi connectivity index (χ1) is 8.12. The van der Waals surface area contributed by atoms with Gasteiger partial charge in [0.1, 0.15) is 17.2 Å². The van der Waals surface area contributed by atoms with Crippen molar-refractivity contribution in [1.82, 2.24) is 0 Å². The molecule has 0 unspecified atom stereocenters. The highest BCUT2D eigenvalue weighted by atomic mass is 16.5. The summed E-state index contributed by atoms with van der Waals surface area (Å²) in [6.07, 6.45) is 0.621. The van der Waals surface area contributed by atoms with E-state index in [9.17, 15) is 9.59 Å². The molecule has 17 heavy (non-hydrogen) atoms. The molecule has 0 heterocycles. The van der Waals surface area contributed by atoms with Crippen LogP contribution < -0.4 is 19.9 Å². The van der Waals surface area contributed by atoms with Crippen molar-refractivity contribution in [2.24, 2.45) is 5.73 Å². The number of aldehydes is 1. The summed E-state index contributed by atoms with van der Waals surface area (Å²) in [6, 6.07) is 2.96. The SMILES string of the molecule is COc1cc(OCC(N)=O)cc(OC)c1C=O. The van der Waals surface area contributed by atoms with Gasteiger partial charge in [0.15, 0.2) is 12.9 Å². The number of hydrogen-bond acceptors (Lipinski definition) is 5. The van der Waals surface area contributed by atoms with Gasteiger partial charge in [0.05, 0.1) is 19.8 Å². The van der Waals surface area contributed by atoms with Crippen molar-refractivity contribution in [3.63, 3.8) is 0 Å². The fraction of sp³-hybridized carbons (Fsp3) is 0.273. The Hall–Kier alpha value is -2.24. The van der Waals surface area contributed by atoms with E-state index < -0.39 is 5.91 Å². The van der Waals surface area contributed by atoms with Gasteiger partial charge in [-0.3, -0.25) is 9.59 Å². The number of methoxy groups -OCH3 is 2. The lowest BCUT2D eigenvalue weighted by Gasteiger charge is -2.11. The molecule has 92 valence electrons. The van der Waals surface area contributed by atoms with E-state index in [0.29, 0.717) is 23.5 Å². The maximum Gasteiger partial charge on any atom is 0.255 e. The van der Waals surface area contributed by atoms with Crippen molar-refractivity contribution >= 4 is 12.2 Å². The first-order valence-electron chi connectivity index (χ1n) is 4.74. The Bertz CT molecular complexity index is 405. The van der Waals surface area contributed by atoms with Gasteiger partial charge in [-0.2, -0.15) is 0 Å². The normalized spacial score (nSPS) is 9.53. The number of carbonyl (C=O) groups excluding carboxylic acids is 2. The standard InChI is InChI=1S/C11H13NO5/c1-15-9-3-7(17-6-11(12)14)4-10(16-2)8(9)5-13/h3-5H,6H2,1-2H3,(H2,12,14). The van der Waals surface area contributed by atoms with E-state index in [-0.39, 0.29) is 12.2 Å². The van der Waals surface area contributed by atoms with Crippen LogP contribution in [0.1, 0.15) is 10.4 Å². The average Bonchev–Trinajstić information content (AvgIpc) is 2.34. The van der Waals surface area contributed by atoms with Gasteiger partial charge >= 0.3 is 0 Å². The number of primary amides is 1. The van der Waals surface area contributed by atoms with E-state index >= 15 is 0 Å². The van der Waals surface area contributed by atoms with Crippen molar-refractivity contribution in [1.29, 1.82) is 0 Å². The Kier molecular flexibility index (Phi) is 4.33. The number of rotatable bonds is 6. The molecule has 0 aliphatic heterocycles. The molecule has 1 rings (SSSR count). The van der Waals surface area contributed by atoms with Gasteiger partial charge in [0, 0.05) is 12.1 Å². The molecule has 1 amide bonds. The highest BCUT2D eigenvalue weighted by Crippen LogP contribution is 2.32. The minimum Gasteiger partial charge on any atom is -0.496 e. The van der Waals surface area contributed by atoms with Gasteiger partial charge < -0.3 is 19.9 Å². The van der Waals surface area contributed by atoms with Gasteiger partial charge in [-0.05, 0) is 0 Å². The van der Waals surface area contributed by atoms with Crippen LogP contribution in [0.15, 0.2) is 12.1 Å². The molecule has 0 spiro atoms. The zero-order valence-electron chi connectivity index (χ0n) is 9.56. The van der Waals surface area contributed by atoms with Crippen LogP contribution in [0.25, 0.3) is 0 Å². The van der Waals surface area contributed by atoms with Gasteiger partial charge in [0.2, 0.25) is 0 Å². The van der Waals surface area contributed by atoms with Crippen molar-refractivity contribution in [3.8, 4) is 17.2 Å². The molecule has 6 nitrogen and oxygen atoms in total. The molecule has 0 saturated carbocycles. The first-order valence-corrected chi connectivity index (χ1v) is 4.74. The maximum absolute atomic E-state index is 10.9. The number of amides is 1. The predicted molar refractivity (Wildman–Crippen MR) is 59.6 cm³/mol. The third-order valence-corrected chi connectivity index (χ3v) is 2.02. The number of ether oxygens (including phenoxy) is 3. The lowest BCUT2D eigenvalue weighted by molar-refractivity contribution is -0.119. The van der Waals surface area contributed by atoms with E-state index in [2.05, 4.69) is 0 Å². The molecule has 2 N–H and O–H groups in total. The second kappa shape index (κ2) is 5.74. The number of hydrogen-bond donors (Lipinski definition) is 1. The largest absolute Gasteiger partial charge is 0.496 e. The van der Waals surface area contributed by atoms with Gasteiger partial charge in [-0.25, -0.2) is 0 Å². The molecule has 0 atom stereocenters. The molecular formula is C11H13NO5. The van der Waals surface area contributed by atoms with Crippen LogP contribution in [-0.4, -0.2) is 33.0 Å². The summed E-state index contributed by atoms with van der Waals surface area (Å²) in [5, 5.41) is 0. The summed E-state index contributed by atoms with van der Waals surface area (Å²) in [5.41, 5.74) is 5.23. The van der Waals surface area contributed by atoms with Gasteiger partial charge in [-0.1, -0.05) is 0 Å². The molecule has 6 heteroatoms. The Labute approximate surface area is 98.3 Å². The molecule has 1 aromatic carbocycles. The zero-order chi connectivity index (χ0) is 12.8. The van der Waals surface area contributed by atoms with Crippen molar-refractivity contribution in [3.05, 3.63) is 17.7 Å². The first kappa shape index (κ1) is 12.8. The molecule has 0 aliphatic rings. The second-order valence-corrected chi connectivity index (χ2v) is 3.11. The van der Waals surface area contributed by atoms with E-state index in [1.54, 1.807) is 0 Å². The highest BCUT2D eigenvalue weighted by molar-refractivity contribution is 5.84. The van der Waals surface area contributed by atoms with Crippen LogP contribution >= 0.6 is 0 Å². The summed E-state index contributed by atoms with van der Waals surface area (Å²) >= 11 is 0. The monoisotopic (exact) mass is 239 g/mol. The second-order valence-electron chi connectivity index (χ2n) is 3.11. The van der Waals surface area contributed by atoms with Crippen molar-refractivity contribution in [2.45, 2.75) is 0 Å². The number of benzene rings is 1. The summed E-state index contributed by atoms with van der Waals surface area (Å²) in [7, 11) is 2.83. The molecule has 0 saturated heterocycles. The Morgan fingerprint density at radius 2 is 1.82 bits per heavy atom. The van der Waals surface area contributed by atoms with Crippen LogP contribution in [0.4, 0.5) is 0 Å². The minimum atomic E-state index is -0.595. The highest BCUT2D eigenvalue weighted by Gasteiger charge is 2.12. The summed E-state index contributed by atoms with van der Waals surface area (Å²) in [5.74, 6) is 0.350. The molecule has 0 aromatic heterocycles. The van der Waals surface area contributed by atoms with Gasteiger partial charge in [0.25, 0.3) is 5.91 Å². The fourth-order valence-electron chi connectivity index (χ4n) is 1.27. The van der Waals surface area contributed by atoms with E-state index in [4.69, 9.17) is 19.9 Å². The average molecular weight is 239 g/mol. The quantitative estimate of drug-likeness (QED) is 0.725. The summed E-state index contributed by atoms with van der Waals surface area (Å²) in [4.78, 5) is 21.5. The van der Waals surface area contributed by atoms with Crippen LogP contribution in [-0.2, 0) is 4.79 Å². The Morgan fingerprint density at radius 1 is 1.29 bits per heavy atom. The van der Waals surface area contributed by atoms with Crippen LogP contribution in [0.3, 0.4) is 0 Å². The van der Waals surface area contributed by atoms with E-state index in [1.807, 2.05) is 0 Å². The molecule has 0 bridgehead atoms. The third kappa shape index (κ3) is 3.10. The number of nitrogens with two attached hydrogens (primary N) is 1. The molecule has 0 radical (unpaired) electrons.